The van der Waals surface area contributed by atoms with E-state index >= 15 is 0 Å². The van der Waals surface area contributed by atoms with E-state index in [9.17, 15) is 13.2 Å². The molecule has 4 aromatic rings. The summed E-state index contributed by atoms with van der Waals surface area (Å²) in [6.07, 6.45) is 2.02. The fraction of sp³-hybridized carbons (Fsp3) is 0.250. The Labute approximate surface area is 203 Å². The molecule has 35 heavy (non-hydrogen) atoms. The minimum atomic E-state index is -4.06. The molecule has 0 aliphatic carbocycles. The molecule has 11 heteroatoms. The van der Waals surface area contributed by atoms with E-state index in [1.165, 1.54) is 18.5 Å². The Hall–Kier alpha value is -3.83. The fourth-order valence-corrected chi connectivity index (χ4v) is 4.34. The maximum Gasteiger partial charge on any atom is 0.338 e. The van der Waals surface area contributed by atoms with Crippen LogP contribution in [0.15, 0.2) is 72.1 Å². The zero-order valence-electron chi connectivity index (χ0n) is 19.5. The minimum absolute atomic E-state index is 0.0210. The Bertz CT molecular complexity index is 1420. The van der Waals surface area contributed by atoms with Gasteiger partial charge in [0.1, 0.15) is 19.0 Å². The lowest BCUT2D eigenvalue weighted by molar-refractivity contribution is 0.0134. The smallest absolute Gasteiger partial charge is 0.338 e. The predicted molar refractivity (Wildman–Crippen MR) is 130 cm³/mol. The number of imidazole rings is 1. The van der Waals surface area contributed by atoms with Crippen molar-refractivity contribution in [3.8, 4) is 0 Å². The van der Waals surface area contributed by atoms with Crippen molar-refractivity contribution < 1.29 is 22.1 Å². The Morgan fingerprint density at radius 1 is 1.03 bits per heavy atom. The number of benzene rings is 2. The lowest BCUT2D eigenvalue weighted by Crippen LogP contribution is -2.29. The van der Waals surface area contributed by atoms with E-state index in [1.807, 2.05) is 25.9 Å². The second kappa shape index (κ2) is 10.2. The first kappa shape index (κ1) is 24.3. The van der Waals surface area contributed by atoms with Gasteiger partial charge in [0.15, 0.2) is 17.0 Å². The lowest BCUT2D eigenvalue weighted by atomic mass is 10.2. The summed E-state index contributed by atoms with van der Waals surface area (Å²) in [4.78, 5) is 27.5. The van der Waals surface area contributed by atoms with Gasteiger partial charge in [-0.15, -0.1) is 0 Å². The Kier molecular flexibility index (Phi) is 7.08. The van der Waals surface area contributed by atoms with E-state index in [-0.39, 0.29) is 18.0 Å². The highest BCUT2D eigenvalue weighted by molar-refractivity contribution is 7.86. The average molecular weight is 496 g/mol. The number of hydrogen-bond acceptors (Lipinski definition) is 9. The predicted octanol–water partition coefficient (Wildman–Crippen LogP) is 2.83. The Morgan fingerprint density at radius 2 is 1.74 bits per heavy atom. The van der Waals surface area contributed by atoms with Crippen molar-refractivity contribution in [2.45, 2.75) is 24.5 Å². The number of aryl methyl sites for hydroxylation is 1. The van der Waals surface area contributed by atoms with Crippen molar-refractivity contribution in [1.29, 1.82) is 0 Å². The summed E-state index contributed by atoms with van der Waals surface area (Å²) < 4.78 is 38.1. The third kappa shape index (κ3) is 5.64. The molecule has 2 heterocycles. The summed E-state index contributed by atoms with van der Waals surface area (Å²) in [6, 6.07) is 14.8. The molecule has 0 amide bonds. The summed E-state index contributed by atoms with van der Waals surface area (Å²) >= 11 is 0. The second-order valence-electron chi connectivity index (χ2n) is 8.11. The van der Waals surface area contributed by atoms with Gasteiger partial charge in [0.05, 0.1) is 23.3 Å². The van der Waals surface area contributed by atoms with E-state index in [1.54, 1.807) is 53.4 Å². The molecule has 0 fully saturated rings. The van der Waals surface area contributed by atoms with E-state index < -0.39 is 22.2 Å². The zero-order valence-corrected chi connectivity index (χ0v) is 20.3. The first-order valence-corrected chi connectivity index (χ1v) is 12.2. The standard InChI is InChI=1S/C24H25N5O5S/c1-17-9-11-20(12-10-17)35(31,32)33-14-19(34-24(30)18-7-5-4-6-8-18)13-29-16-27-21-22(28(2)3)25-15-26-23(21)29/h4-12,15-16,19H,13-14H2,1-3H3. The number of nitrogens with zero attached hydrogens (tertiary/aromatic N) is 5. The van der Waals surface area contributed by atoms with Crippen LogP contribution in [0.25, 0.3) is 11.2 Å². The summed E-state index contributed by atoms with van der Waals surface area (Å²) in [5, 5.41) is 0. The van der Waals surface area contributed by atoms with Gasteiger partial charge in [0.2, 0.25) is 0 Å². The summed E-state index contributed by atoms with van der Waals surface area (Å²) in [7, 11) is -0.376. The number of rotatable bonds is 9. The van der Waals surface area contributed by atoms with Crippen molar-refractivity contribution in [3.05, 3.63) is 78.4 Å². The van der Waals surface area contributed by atoms with Crippen LogP contribution in [-0.2, 0) is 25.6 Å². The quantitative estimate of drug-likeness (QED) is 0.255. The van der Waals surface area contributed by atoms with Crippen molar-refractivity contribution >= 4 is 33.1 Å². The van der Waals surface area contributed by atoms with Crippen molar-refractivity contribution in [1.82, 2.24) is 19.5 Å². The molecule has 0 saturated heterocycles. The van der Waals surface area contributed by atoms with Crippen LogP contribution in [0.2, 0.25) is 0 Å². The normalized spacial score (nSPS) is 12.4. The Morgan fingerprint density at radius 3 is 2.43 bits per heavy atom. The number of anilines is 1. The summed E-state index contributed by atoms with van der Waals surface area (Å²) in [5.41, 5.74) is 2.35. The van der Waals surface area contributed by atoms with Crippen LogP contribution in [0.4, 0.5) is 5.82 Å². The zero-order chi connectivity index (χ0) is 25.0. The van der Waals surface area contributed by atoms with Gasteiger partial charge in [-0.1, -0.05) is 35.9 Å². The number of ether oxygens (including phenoxy) is 1. The van der Waals surface area contributed by atoms with Gasteiger partial charge in [-0.3, -0.25) is 4.18 Å². The number of fused-ring (bicyclic) bond motifs is 1. The van der Waals surface area contributed by atoms with Crippen molar-refractivity contribution in [2.75, 3.05) is 25.6 Å². The highest BCUT2D eigenvalue weighted by Crippen LogP contribution is 2.21. The molecule has 182 valence electrons. The molecule has 0 saturated carbocycles. The molecule has 0 spiro atoms. The molecular weight excluding hydrogens is 470 g/mol. The number of hydrogen-bond donors (Lipinski definition) is 0. The van der Waals surface area contributed by atoms with Crippen LogP contribution in [0.3, 0.4) is 0 Å². The molecule has 2 aromatic heterocycles. The number of esters is 1. The molecule has 2 aromatic carbocycles. The van der Waals surface area contributed by atoms with Gasteiger partial charge in [-0.25, -0.2) is 19.7 Å². The number of carbonyl (C=O) groups excluding carboxylic acids is 1. The van der Waals surface area contributed by atoms with Gasteiger partial charge in [-0.05, 0) is 31.2 Å². The molecule has 1 unspecified atom stereocenters. The molecule has 0 N–H and O–H groups in total. The molecule has 0 radical (unpaired) electrons. The SMILES string of the molecule is Cc1ccc(S(=O)(=O)OCC(Cn2cnc3c(N(C)C)ncnc32)OC(=O)c2ccccc2)cc1. The minimum Gasteiger partial charge on any atom is -0.454 e. The molecule has 4 rings (SSSR count). The van der Waals surface area contributed by atoms with Crippen LogP contribution >= 0.6 is 0 Å². The van der Waals surface area contributed by atoms with Crippen LogP contribution in [0, 0.1) is 6.92 Å². The Balaban J connectivity index is 1.59. The van der Waals surface area contributed by atoms with Gasteiger partial charge >= 0.3 is 5.97 Å². The highest BCUT2D eigenvalue weighted by Gasteiger charge is 2.24. The number of carbonyl (C=O) groups is 1. The number of aromatic nitrogens is 4. The van der Waals surface area contributed by atoms with Gasteiger partial charge < -0.3 is 14.2 Å². The van der Waals surface area contributed by atoms with Crippen molar-refractivity contribution in [3.63, 3.8) is 0 Å². The van der Waals surface area contributed by atoms with Gasteiger partial charge in [0.25, 0.3) is 10.1 Å². The molecule has 0 bridgehead atoms. The van der Waals surface area contributed by atoms with Gasteiger partial charge in [-0.2, -0.15) is 8.42 Å². The summed E-state index contributed by atoms with van der Waals surface area (Å²) in [6.45, 7) is 1.54. The second-order valence-corrected chi connectivity index (χ2v) is 9.72. The highest BCUT2D eigenvalue weighted by atomic mass is 32.2. The van der Waals surface area contributed by atoms with Crippen LogP contribution in [0.1, 0.15) is 15.9 Å². The van der Waals surface area contributed by atoms with E-state index in [4.69, 9.17) is 8.92 Å². The molecule has 0 aliphatic heterocycles. The van der Waals surface area contributed by atoms with Crippen molar-refractivity contribution in [2.24, 2.45) is 0 Å². The molecule has 10 nitrogen and oxygen atoms in total. The van der Waals surface area contributed by atoms with Crippen LogP contribution in [0.5, 0.6) is 0 Å². The maximum absolute atomic E-state index is 12.7. The van der Waals surface area contributed by atoms with Crippen LogP contribution < -0.4 is 4.90 Å². The third-order valence-corrected chi connectivity index (χ3v) is 6.50. The topological polar surface area (TPSA) is 117 Å². The van der Waals surface area contributed by atoms with E-state index in [0.29, 0.717) is 22.5 Å². The molecule has 1 atom stereocenters. The monoisotopic (exact) mass is 495 g/mol. The van der Waals surface area contributed by atoms with Gasteiger partial charge in [0, 0.05) is 14.1 Å². The average Bonchev–Trinajstić information content (AvgIpc) is 3.26. The fourth-order valence-electron chi connectivity index (χ4n) is 3.40. The van der Waals surface area contributed by atoms with Crippen LogP contribution in [-0.4, -0.2) is 60.7 Å². The largest absolute Gasteiger partial charge is 0.454 e. The third-order valence-electron chi connectivity index (χ3n) is 5.21. The first-order valence-electron chi connectivity index (χ1n) is 10.8. The maximum atomic E-state index is 12.7. The van der Waals surface area contributed by atoms with E-state index in [0.717, 1.165) is 5.56 Å². The lowest BCUT2D eigenvalue weighted by Gasteiger charge is -2.19. The summed E-state index contributed by atoms with van der Waals surface area (Å²) in [5.74, 6) is 0.0322. The first-order chi connectivity index (χ1) is 16.7. The molecular formula is C24H25N5O5S. The van der Waals surface area contributed by atoms with E-state index in [2.05, 4.69) is 15.0 Å². The molecule has 0 aliphatic rings.